The normalized spacial score (nSPS) is 19.8. The van der Waals surface area contributed by atoms with Crippen molar-refractivity contribution in [1.82, 2.24) is 4.72 Å². The highest BCUT2D eigenvalue weighted by molar-refractivity contribution is 7.88. The van der Waals surface area contributed by atoms with Crippen molar-refractivity contribution in [2.75, 3.05) is 24.8 Å². The number of hydrogen-bond acceptors (Lipinski definition) is 4. The number of carbonyl (C=O) groups is 1. The Morgan fingerprint density at radius 1 is 1.32 bits per heavy atom. The molecular weight excluding hydrogens is 268 g/mol. The van der Waals surface area contributed by atoms with Gasteiger partial charge < -0.3 is 9.64 Å². The first-order chi connectivity index (χ1) is 8.89. The molecule has 19 heavy (non-hydrogen) atoms. The van der Waals surface area contributed by atoms with Crippen molar-refractivity contribution in [3.63, 3.8) is 0 Å². The largest absolute Gasteiger partial charge is 0.497 e. The Hall–Kier alpha value is -1.60. The van der Waals surface area contributed by atoms with Crippen molar-refractivity contribution in [2.45, 2.75) is 12.5 Å². The van der Waals surface area contributed by atoms with Crippen LogP contribution in [0.2, 0.25) is 0 Å². The van der Waals surface area contributed by atoms with Gasteiger partial charge in [-0.15, -0.1) is 0 Å². The van der Waals surface area contributed by atoms with Gasteiger partial charge in [-0.2, -0.15) is 0 Å². The van der Waals surface area contributed by atoms with Gasteiger partial charge in [-0.3, -0.25) is 4.79 Å². The molecule has 1 fully saturated rings. The molecule has 0 aromatic heterocycles. The molecule has 1 aromatic carbocycles. The van der Waals surface area contributed by atoms with Gasteiger partial charge >= 0.3 is 0 Å². The molecule has 0 spiro atoms. The van der Waals surface area contributed by atoms with Crippen molar-refractivity contribution in [3.05, 3.63) is 24.3 Å². The Labute approximate surface area is 112 Å². The third-order valence-corrected chi connectivity index (χ3v) is 3.65. The van der Waals surface area contributed by atoms with Gasteiger partial charge in [0.25, 0.3) is 0 Å². The predicted octanol–water partition coefficient (Wildman–Crippen LogP) is 0.350. The van der Waals surface area contributed by atoms with Crippen LogP contribution in [0.4, 0.5) is 5.69 Å². The van der Waals surface area contributed by atoms with Crippen LogP contribution in [0, 0.1) is 0 Å². The highest BCUT2D eigenvalue weighted by Gasteiger charge is 2.32. The lowest BCUT2D eigenvalue weighted by molar-refractivity contribution is -0.117. The molecule has 0 unspecified atom stereocenters. The van der Waals surface area contributed by atoms with E-state index < -0.39 is 10.0 Å². The Bertz CT molecular complexity index is 568. The summed E-state index contributed by atoms with van der Waals surface area (Å²) in [6, 6.07) is 6.71. The molecule has 1 amide bonds. The second-order valence-corrected chi connectivity index (χ2v) is 6.27. The molecule has 1 saturated heterocycles. The quantitative estimate of drug-likeness (QED) is 0.865. The van der Waals surface area contributed by atoms with E-state index in [4.69, 9.17) is 4.74 Å². The molecule has 7 heteroatoms. The average Bonchev–Trinajstić information content (AvgIpc) is 2.68. The van der Waals surface area contributed by atoms with E-state index >= 15 is 0 Å². The lowest BCUT2D eigenvalue weighted by atomic mass is 10.3. The first-order valence-electron chi connectivity index (χ1n) is 5.81. The van der Waals surface area contributed by atoms with E-state index in [9.17, 15) is 13.2 Å². The van der Waals surface area contributed by atoms with E-state index in [1.165, 1.54) is 0 Å². The molecule has 1 aliphatic rings. The number of ether oxygens (including phenoxy) is 1. The molecule has 1 N–H and O–H groups in total. The van der Waals surface area contributed by atoms with Crippen molar-refractivity contribution in [3.8, 4) is 5.75 Å². The second-order valence-electron chi connectivity index (χ2n) is 4.49. The van der Waals surface area contributed by atoms with Crippen LogP contribution in [0.25, 0.3) is 0 Å². The van der Waals surface area contributed by atoms with Crippen molar-refractivity contribution in [1.29, 1.82) is 0 Å². The highest BCUT2D eigenvalue weighted by Crippen LogP contribution is 2.24. The lowest BCUT2D eigenvalue weighted by Gasteiger charge is -2.17. The Morgan fingerprint density at radius 2 is 1.95 bits per heavy atom. The Morgan fingerprint density at radius 3 is 2.47 bits per heavy atom. The van der Waals surface area contributed by atoms with Gasteiger partial charge in [0.05, 0.1) is 13.4 Å². The molecule has 1 heterocycles. The SMILES string of the molecule is COc1ccc(N2C[C@@H](NS(C)(=O)=O)CC2=O)cc1. The summed E-state index contributed by atoms with van der Waals surface area (Å²) in [6.45, 7) is 0.345. The fraction of sp³-hybridized carbons (Fsp3) is 0.417. The smallest absolute Gasteiger partial charge is 0.228 e. The summed E-state index contributed by atoms with van der Waals surface area (Å²) in [7, 11) is -1.72. The van der Waals surface area contributed by atoms with Crippen LogP contribution < -0.4 is 14.4 Å². The molecule has 1 aromatic rings. The topological polar surface area (TPSA) is 75.7 Å². The molecule has 0 aliphatic carbocycles. The summed E-state index contributed by atoms with van der Waals surface area (Å²) < 4.78 is 29.8. The number of hydrogen-bond donors (Lipinski definition) is 1. The zero-order valence-corrected chi connectivity index (χ0v) is 11.6. The van der Waals surface area contributed by atoms with Crippen LogP contribution in [0.15, 0.2) is 24.3 Å². The van der Waals surface area contributed by atoms with Gasteiger partial charge in [0, 0.05) is 24.7 Å². The van der Waals surface area contributed by atoms with Gasteiger partial charge in [-0.1, -0.05) is 0 Å². The zero-order chi connectivity index (χ0) is 14.0. The maximum absolute atomic E-state index is 11.9. The minimum atomic E-state index is -3.30. The van der Waals surface area contributed by atoms with E-state index in [1.807, 2.05) is 0 Å². The number of methoxy groups -OCH3 is 1. The number of carbonyl (C=O) groups excluding carboxylic acids is 1. The molecular formula is C12H16N2O4S. The van der Waals surface area contributed by atoms with Gasteiger partial charge in [0.1, 0.15) is 5.75 Å². The predicted molar refractivity (Wildman–Crippen MR) is 71.7 cm³/mol. The fourth-order valence-corrected chi connectivity index (χ4v) is 2.86. The first kappa shape index (κ1) is 13.8. The average molecular weight is 284 g/mol. The van der Waals surface area contributed by atoms with Crippen LogP contribution >= 0.6 is 0 Å². The number of amides is 1. The summed E-state index contributed by atoms with van der Waals surface area (Å²) in [6.07, 6.45) is 1.27. The molecule has 6 nitrogen and oxygen atoms in total. The number of rotatable bonds is 4. The van der Waals surface area contributed by atoms with Gasteiger partial charge in [-0.25, -0.2) is 13.1 Å². The molecule has 1 aliphatic heterocycles. The molecule has 0 bridgehead atoms. The number of nitrogens with one attached hydrogen (secondary N) is 1. The molecule has 0 radical (unpaired) electrons. The fourth-order valence-electron chi connectivity index (χ4n) is 2.10. The number of anilines is 1. The maximum Gasteiger partial charge on any atom is 0.228 e. The first-order valence-corrected chi connectivity index (χ1v) is 7.70. The van der Waals surface area contributed by atoms with E-state index in [-0.39, 0.29) is 18.4 Å². The number of benzene rings is 1. The second kappa shape index (κ2) is 5.18. The Kier molecular flexibility index (Phi) is 3.77. The molecule has 104 valence electrons. The third kappa shape index (κ3) is 3.45. The Balaban J connectivity index is 2.11. The van der Waals surface area contributed by atoms with Gasteiger partial charge in [0.2, 0.25) is 15.9 Å². The number of sulfonamides is 1. The van der Waals surface area contributed by atoms with Crippen LogP contribution in [0.5, 0.6) is 5.75 Å². The third-order valence-electron chi connectivity index (χ3n) is 2.89. The minimum absolute atomic E-state index is 0.0914. The van der Waals surface area contributed by atoms with Gasteiger partial charge in [-0.05, 0) is 24.3 Å². The molecule has 0 saturated carbocycles. The zero-order valence-electron chi connectivity index (χ0n) is 10.8. The number of nitrogens with zero attached hydrogens (tertiary/aromatic N) is 1. The van der Waals surface area contributed by atoms with Crippen LogP contribution in [-0.4, -0.2) is 40.3 Å². The summed E-state index contributed by atoms with van der Waals surface area (Å²) in [5, 5.41) is 0. The van der Waals surface area contributed by atoms with E-state index in [0.717, 1.165) is 11.9 Å². The van der Waals surface area contributed by atoms with Crippen molar-refractivity contribution in [2.24, 2.45) is 0 Å². The van der Waals surface area contributed by atoms with Crippen LogP contribution in [0.1, 0.15) is 6.42 Å². The van der Waals surface area contributed by atoms with Crippen LogP contribution in [0.3, 0.4) is 0 Å². The summed E-state index contributed by atoms with van der Waals surface area (Å²) >= 11 is 0. The van der Waals surface area contributed by atoms with E-state index in [1.54, 1.807) is 36.3 Å². The summed E-state index contributed by atoms with van der Waals surface area (Å²) in [4.78, 5) is 13.5. The van der Waals surface area contributed by atoms with Crippen LogP contribution in [-0.2, 0) is 14.8 Å². The standard InChI is InChI=1S/C12H16N2O4S/c1-18-11-5-3-10(4-6-11)14-8-9(7-12(14)15)13-19(2,16)17/h3-6,9,13H,7-8H2,1-2H3/t9-/m0/s1. The molecule has 1 atom stereocenters. The van der Waals surface area contributed by atoms with E-state index in [2.05, 4.69) is 4.72 Å². The van der Waals surface area contributed by atoms with E-state index in [0.29, 0.717) is 12.3 Å². The van der Waals surface area contributed by atoms with Crippen molar-refractivity contribution >= 4 is 21.6 Å². The lowest BCUT2D eigenvalue weighted by Crippen LogP contribution is -2.36. The summed E-state index contributed by atoms with van der Waals surface area (Å²) in [5.74, 6) is 0.618. The summed E-state index contributed by atoms with van der Waals surface area (Å²) in [5.41, 5.74) is 0.739. The van der Waals surface area contributed by atoms with Gasteiger partial charge in [0.15, 0.2) is 0 Å². The highest BCUT2D eigenvalue weighted by atomic mass is 32.2. The maximum atomic E-state index is 11.9. The monoisotopic (exact) mass is 284 g/mol. The minimum Gasteiger partial charge on any atom is -0.497 e. The van der Waals surface area contributed by atoms with Crippen molar-refractivity contribution < 1.29 is 17.9 Å². The molecule has 2 rings (SSSR count).